The zero-order valence-electron chi connectivity index (χ0n) is 11.3. The van der Waals surface area contributed by atoms with Gasteiger partial charge in [-0.25, -0.2) is 0 Å². The quantitative estimate of drug-likeness (QED) is 0.603. The molecule has 0 heterocycles. The Bertz CT molecular complexity index is 624. The van der Waals surface area contributed by atoms with E-state index in [0.717, 1.165) is 24.2 Å². The van der Waals surface area contributed by atoms with Crippen molar-refractivity contribution in [2.24, 2.45) is 5.92 Å². The number of carbonyl (C=O) groups excluding carboxylic acids is 1. The molecule has 2 heteroatoms. The molecule has 0 amide bonds. The third-order valence-corrected chi connectivity index (χ3v) is 3.63. The van der Waals surface area contributed by atoms with Crippen LogP contribution in [0.3, 0.4) is 0 Å². The zero-order valence-corrected chi connectivity index (χ0v) is 11.3. The van der Waals surface area contributed by atoms with Crippen molar-refractivity contribution in [3.8, 4) is 5.75 Å². The van der Waals surface area contributed by atoms with Gasteiger partial charge in [0.25, 0.3) is 0 Å². The third-order valence-electron chi connectivity index (χ3n) is 3.63. The maximum Gasteiger partial charge on any atom is 0.314 e. The Balaban J connectivity index is 2.07. The Labute approximate surface area is 113 Å². The van der Waals surface area contributed by atoms with Gasteiger partial charge in [-0.05, 0) is 35.6 Å². The zero-order chi connectivity index (χ0) is 13.4. The topological polar surface area (TPSA) is 26.3 Å². The fraction of sp³-hybridized carbons (Fsp3) is 0.353. The Morgan fingerprint density at radius 3 is 2.58 bits per heavy atom. The molecule has 19 heavy (non-hydrogen) atoms. The van der Waals surface area contributed by atoms with Crippen molar-refractivity contribution in [3.63, 3.8) is 0 Å². The van der Waals surface area contributed by atoms with Gasteiger partial charge in [0.1, 0.15) is 5.75 Å². The molecule has 0 spiro atoms. The number of esters is 1. The van der Waals surface area contributed by atoms with Gasteiger partial charge < -0.3 is 4.74 Å². The monoisotopic (exact) mass is 254 g/mol. The first-order chi connectivity index (χ1) is 9.16. The second-order valence-electron chi connectivity index (χ2n) is 5.55. The van der Waals surface area contributed by atoms with E-state index < -0.39 is 0 Å². The van der Waals surface area contributed by atoms with Crippen molar-refractivity contribution in [1.82, 2.24) is 0 Å². The molecule has 0 radical (unpaired) electrons. The summed E-state index contributed by atoms with van der Waals surface area (Å²) >= 11 is 0. The van der Waals surface area contributed by atoms with Gasteiger partial charge in [0.05, 0.1) is 5.92 Å². The van der Waals surface area contributed by atoms with Crippen LogP contribution < -0.4 is 4.74 Å². The summed E-state index contributed by atoms with van der Waals surface area (Å²) in [5.74, 6) is 1.11. The molecule has 1 fully saturated rings. The van der Waals surface area contributed by atoms with Gasteiger partial charge in [-0.2, -0.15) is 0 Å². The van der Waals surface area contributed by atoms with Crippen LogP contribution in [0.5, 0.6) is 5.75 Å². The summed E-state index contributed by atoms with van der Waals surface area (Å²) in [6.07, 6.45) is 1.95. The van der Waals surface area contributed by atoms with Gasteiger partial charge in [0.2, 0.25) is 0 Å². The van der Waals surface area contributed by atoms with Crippen LogP contribution >= 0.6 is 0 Å². The fourth-order valence-corrected chi connectivity index (χ4v) is 2.47. The number of benzene rings is 2. The molecular formula is C17H18O2. The van der Waals surface area contributed by atoms with Crippen molar-refractivity contribution >= 4 is 16.7 Å². The molecule has 0 N–H and O–H groups in total. The number of hydrogen-bond donors (Lipinski definition) is 0. The number of ether oxygens (including phenoxy) is 1. The van der Waals surface area contributed by atoms with E-state index >= 15 is 0 Å². The number of hydrogen-bond acceptors (Lipinski definition) is 2. The van der Waals surface area contributed by atoms with E-state index in [1.165, 1.54) is 10.8 Å². The summed E-state index contributed by atoms with van der Waals surface area (Å²) in [4.78, 5) is 11.9. The van der Waals surface area contributed by atoms with Crippen LogP contribution in [0.15, 0.2) is 36.4 Å². The molecule has 2 aromatic carbocycles. The molecule has 0 aliphatic heterocycles. The summed E-state index contributed by atoms with van der Waals surface area (Å²) in [5.41, 5.74) is 1.13. The smallest absolute Gasteiger partial charge is 0.314 e. The summed E-state index contributed by atoms with van der Waals surface area (Å²) in [5, 5.41) is 2.37. The minimum absolute atomic E-state index is 0.0721. The number of rotatable bonds is 3. The molecule has 98 valence electrons. The van der Waals surface area contributed by atoms with Crippen LogP contribution in [-0.2, 0) is 4.79 Å². The van der Waals surface area contributed by atoms with E-state index in [-0.39, 0.29) is 11.9 Å². The third kappa shape index (κ3) is 2.35. The average molecular weight is 254 g/mol. The van der Waals surface area contributed by atoms with Crippen LogP contribution in [0.4, 0.5) is 0 Å². The molecular weight excluding hydrogens is 236 g/mol. The van der Waals surface area contributed by atoms with Gasteiger partial charge >= 0.3 is 5.97 Å². The van der Waals surface area contributed by atoms with E-state index in [1.54, 1.807) is 0 Å². The van der Waals surface area contributed by atoms with Crippen molar-refractivity contribution in [2.75, 3.05) is 0 Å². The second-order valence-corrected chi connectivity index (χ2v) is 5.55. The fourth-order valence-electron chi connectivity index (χ4n) is 2.47. The predicted octanol–water partition coefficient (Wildman–Crippen LogP) is 4.28. The Morgan fingerprint density at radius 2 is 1.89 bits per heavy atom. The standard InChI is InChI=1S/C17H18O2/c1-11(2)16-14-6-4-3-5-12(14)9-10-15(16)19-17(18)13-7-8-13/h3-6,9-11,13H,7-8H2,1-2H3. The van der Waals surface area contributed by atoms with Crippen LogP contribution in [0.25, 0.3) is 10.8 Å². The molecule has 2 nitrogen and oxygen atoms in total. The first-order valence-corrected chi connectivity index (χ1v) is 6.90. The highest BCUT2D eigenvalue weighted by molar-refractivity contribution is 5.89. The molecule has 0 bridgehead atoms. The van der Waals surface area contributed by atoms with Crippen molar-refractivity contribution in [1.29, 1.82) is 0 Å². The van der Waals surface area contributed by atoms with Gasteiger partial charge in [0, 0.05) is 5.56 Å². The Kier molecular flexibility index (Phi) is 3.02. The Hall–Kier alpha value is -1.83. The summed E-state index contributed by atoms with van der Waals surface area (Å²) in [6.45, 7) is 4.27. The minimum atomic E-state index is -0.0721. The number of fused-ring (bicyclic) bond motifs is 1. The highest BCUT2D eigenvalue weighted by Gasteiger charge is 2.32. The molecule has 1 saturated carbocycles. The van der Waals surface area contributed by atoms with E-state index in [0.29, 0.717) is 5.92 Å². The molecule has 0 unspecified atom stereocenters. The second kappa shape index (κ2) is 4.69. The predicted molar refractivity (Wildman–Crippen MR) is 76.4 cm³/mol. The molecule has 3 rings (SSSR count). The maximum absolute atomic E-state index is 11.9. The summed E-state index contributed by atoms with van der Waals surface area (Å²) < 4.78 is 5.60. The van der Waals surface area contributed by atoms with Crippen molar-refractivity contribution < 1.29 is 9.53 Å². The van der Waals surface area contributed by atoms with Crippen molar-refractivity contribution in [2.45, 2.75) is 32.6 Å². The van der Waals surface area contributed by atoms with Crippen LogP contribution in [0, 0.1) is 5.92 Å². The average Bonchev–Trinajstić information content (AvgIpc) is 3.22. The molecule has 0 aromatic heterocycles. The van der Waals surface area contributed by atoms with Crippen molar-refractivity contribution in [3.05, 3.63) is 42.0 Å². The van der Waals surface area contributed by atoms with Crippen LogP contribution in [0.1, 0.15) is 38.2 Å². The Morgan fingerprint density at radius 1 is 1.16 bits per heavy atom. The molecule has 1 aliphatic rings. The molecule has 0 atom stereocenters. The van der Waals surface area contributed by atoms with Crippen LogP contribution in [0.2, 0.25) is 0 Å². The normalized spacial score (nSPS) is 14.9. The molecule has 1 aliphatic carbocycles. The van der Waals surface area contributed by atoms with Gasteiger partial charge in [-0.15, -0.1) is 0 Å². The number of carbonyl (C=O) groups is 1. The van der Waals surface area contributed by atoms with E-state index in [4.69, 9.17) is 4.74 Å². The SMILES string of the molecule is CC(C)c1c(OC(=O)C2CC2)ccc2ccccc12. The van der Waals surface area contributed by atoms with Gasteiger partial charge in [0.15, 0.2) is 0 Å². The lowest BCUT2D eigenvalue weighted by atomic mass is 9.95. The molecule has 2 aromatic rings. The minimum Gasteiger partial charge on any atom is -0.426 e. The lowest BCUT2D eigenvalue weighted by Crippen LogP contribution is -2.11. The highest BCUT2D eigenvalue weighted by atomic mass is 16.5. The van der Waals surface area contributed by atoms with Gasteiger partial charge in [-0.1, -0.05) is 44.2 Å². The van der Waals surface area contributed by atoms with Gasteiger partial charge in [-0.3, -0.25) is 4.79 Å². The molecule has 0 saturated heterocycles. The summed E-state index contributed by atoms with van der Waals surface area (Å²) in [6, 6.07) is 12.2. The summed E-state index contributed by atoms with van der Waals surface area (Å²) in [7, 11) is 0. The first kappa shape index (κ1) is 12.2. The van der Waals surface area contributed by atoms with Crippen LogP contribution in [-0.4, -0.2) is 5.97 Å². The van der Waals surface area contributed by atoms with E-state index in [9.17, 15) is 4.79 Å². The lowest BCUT2D eigenvalue weighted by Gasteiger charge is -2.15. The first-order valence-electron chi connectivity index (χ1n) is 6.90. The largest absolute Gasteiger partial charge is 0.426 e. The lowest BCUT2D eigenvalue weighted by molar-refractivity contribution is -0.135. The van der Waals surface area contributed by atoms with E-state index in [1.807, 2.05) is 24.3 Å². The maximum atomic E-state index is 11.9. The highest BCUT2D eigenvalue weighted by Crippen LogP contribution is 2.36. The van der Waals surface area contributed by atoms with E-state index in [2.05, 4.69) is 26.0 Å².